The lowest BCUT2D eigenvalue weighted by molar-refractivity contribution is 0.595. The first-order valence-electron chi connectivity index (χ1n) is 10.2. The second kappa shape index (κ2) is 12.7. The van der Waals surface area contributed by atoms with Gasteiger partial charge in [0, 0.05) is 24.4 Å². The summed E-state index contributed by atoms with van der Waals surface area (Å²) in [6.07, 6.45) is 3.67. The fourth-order valence-electron chi connectivity index (χ4n) is 3.17. The number of rotatable bonds is 9. The summed E-state index contributed by atoms with van der Waals surface area (Å²) in [6, 6.07) is 12.9. The number of halogens is 1. The topological polar surface area (TPSA) is 67.1 Å². The van der Waals surface area contributed by atoms with E-state index in [2.05, 4.69) is 87.9 Å². The quantitative estimate of drug-likeness (QED) is 0.235. The molecular weight excluding hydrogens is 507 g/mol. The van der Waals surface area contributed by atoms with Crippen LogP contribution in [0.4, 0.5) is 0 Å². The van der Waals surface area contributed by atoms with E-state index < -0.39 is 0 Å². The maximum absolute atomic E-state index is 4.87. The minimum Gasteiger partial charge on any atom is -0.355 e. The van der Waals surface area contributed by atoms with Gasteiger partial charge in [-0.1, -0.05) is 44.2 Å². The summed E-state index contributed by atoms with van der Waals surface area (Å²) >= 11 is 1.78. The molecule has 0 saturated heterocycles. The monoisotopic (exact) mass is 538 g/mol. The van der Waals surface area contributed by atoms with Crippen molar-refractivity contribution in [2.45, 2.75) is 52.7 Å². The number of nitrogens with zero attached hydrogens (tertiary/aromatic N) is 4. The van der Waals surface area contributed by atoms with E-state index in [1.807, 2.05) is 0 Å². The van der Waals surface area contributed by atoms with Crippen molar-refractivity contribution in [1.29, 1.82) is 0 Å². The van der Waals surface area contributed by atoms with Gasteiger partial charge in [-0.15, -0.1) is 45.5 Å². The van der Waals surface area contributed by atoms with E-state index in [1.54, 1.807) is 17.7 Å². The minimum absolute atomic E-state index is 0. The van der Waals surface area contributed by atoms with Gasteiger partial charge in [-0.25, -0.2) is 4.99 Å². The van der Waals surface area contributed by atoms with Gasteiger partial charge in [0.15, 0.2) is 5.96 Å². The van der Waals surface area contributed by atoms with Crippen molar-refractivity contribution in [2.24, 2.45) is 4.99 Å². The molecule has 2 aromatic heterocycles. The molecule has 0 saturated carbocycles. The smallest absolute Gasteiger partial charge is 0.192 e. The van der Waals surface area contributed by atoms with Crippen LogP contribution < -0.4 is 10.6 Å². The number of aromatic nitrogens is 3. The third-order valence-corrected chi connectivity index (χ3v) is 5.92. The highest BCUT2D eigenvalue weighted by atomic mass is 127. The van der Waals surface area contributed by atoms with Gasteiger partial charge in [0.1, 0.15) is 12.2 Å². The lowest BCUT2D eigenvalue weighted by Crippen LogP contribution is -2.40. The number of thiophene rings is 1. The molecule has 3 rings (SSSR count). The molecule has 0 bridgehead atoms. The number of aliphatic imine (C=N–C) groups is 1. The number of hydrogen-bond donors (Lipinski definition) is 2. The lowest BCUT2D eigenvalue weighted by atomic mass is 10.1. The summed E-state index contributed by atoms with van der Waals surface area (Å²) in [5.74, 6) is 1.84. The summed E-state index contributed by atoms with van der Waals surface area (Å²) in [5, 5.41) is 17.4. The zero-order chi connectivity index (χ0) is 20.5. The first-order chi connectivity index (χ1) is 14.2. The maximum Gasteiger partial charge on any atom is 0.192 e. The van der Waals surface area contributed by atoms with Crippen LogP contribution in [0.5, 0.6) is 0 Å². The molecule has 3 aromatic rings. The van der Waals surface area contributed by atoms with E-state index >= 15 is 0 Å². The molecule has 0 amide bonds. The van der Waals surface area contributed by atoms with Crippen LogP contribution >= 0.6 is 35.3 Å². The molecule has 2 heterocycles. The van der Waals surface area contributed by atoms with Gasteiger partial charge in [-0.05, 0) is 35.9 Å². The molecular formula is C22H31IN6S. The van der Waals surface area contributed by atoms with E-state index in [9.17, 15) is 0 Å². The Labute approximate surface area is 200 Å². The van der Waals surface area contributed by atoms with E-state index in [4.69, 9.17) is 4.99 Å². The molecule has 0 spiro atoms. The Morgan fingerprint density at radius 3 is 2.73 bits per heavy atom. The van der Waals surface area contributed by atoms with Crippen molar-refractivity contribution in [3.63, 3.8) is 0 Å². The van der Waals surface area contributed by atoms with Crippen LogP contribution in [0.3, 0.4) is 0 Å². The number of guanidine groups is 1. The van der Waals surface area contributed by atoms with Crippen LogP contribution in [-0.4, -0.2) is 27.3 Å². The molecule has 8 heteroatoms. The van der Waals surface area contributed by atoms with Crippen molar-refractivity contribution in [3.8, 4) is 0 Å². The summed E-state index contributed by atoms with van der Waals surface area (Å²) in [6.45, 7) is 8.63. The van der Waals surface area contributed by atoms with Crippen LogP contribution in [0, 0.1) is 6.92 Å². The van der Waals surface area contributed by atoms with Crippen LogP contribution in [0.1, 0.15) is 48.1 Å². The molecule has 6 nitrogen and oxygen atoms in total. The van der Waals surface area contributed by atoms with Gasteiger partial charge >= 0.3 is 0 Å². The average molecular weight is 539 g/mol. The number of benzene rings is 1. The normalized spacial score (nSPS) is 12.3. The number of aryl methyl sites for hydroxylation is 2. The van der Waals surface area contributed by atoms with Gasteiger partial charge in [0.2, 0.25) is 0 Å². The maximum atomic E-state index is 4.87. The molecule has 0 aliphatic carbocycles. The summed E-state index contributed by atoms with van der Waals surface area (Å²) in [7, 11) is 0. The average Bonchev–Trinajstić information content (AvgIpc) is 3.42. The van der Waals surface area contributed by atoms with Crippen molar-refractivity contribution in [1.82, 2.24) is 25.4 Å². The van der Waals surface area contributed by atoms with Crippen LogP contribution in [0.25, 0.3) is 0 Å². The second-order valence-electron chi connectivity index (χ2n) is 6.93. The van der Waals surface area contributed by atoms with Gasteiger partial charge in [-0.3, -0.25) is 0 Å². The van der Waals surface area contributed by atoms with Crippen molar-refractivity contribution in [2.75, 3.05) is 6.54 Å². The van der Waals surface area contributed by atoms with E-state index in [1.165, 1.54) is 16.0 Å². The molecule has 1 aromatic carbocycles. The minimum atomic E-state index is 0. The summed E-state index contributed by atoms with van der Waals surface area (Å²) < 4.78 is 2.09. The Bertz CT molecular complexity index is 906. The second-order valence-corrected chi connectivity index (χ2v) is 7.91. The third-order valence-electron chi connectivity index (χ3n) is 4.93. The zero-order valence-corrected chi connectivity index (χ0v) is 21.0. The highest BCUT2D eigenvalue weighted by Gasteiger charge is 2.12. The number of nitrogens with one attached hydrogen (secondary N) is 2. The Kier molecular flexibility index (Phi) is 10.3. The fraction of sp³-hybridized carbons (Fsp3) is 0.409. The molecule has 162 valence electrons. The molecule has 1 atom stereocenters. The van der Waals surface area contributed by atoms with Crippen molar-refractivity contribution in [3.05, 3.63) is 69.9 Å². The molecule has 0 aliphatic rings. The van der Waals surface area contributed by atoms with Gasteiger partial charge in [-0.2, -0.15) is 0 Å². The highest BCUT2D eigenvalue weighted by Crippen LogP contribution is 2.21. The molecule has 0 fully saturated rings. The predicted molar refractivity (Wildman–Crippen MR) is 136 cm³/mol. The van der Waals surface area contributed by atoms with Crippen molar-refractivity contribution >= 4 is 41.3 Å². The number of hydrogen-bond acceptors (Lipinski definition) is 4. The van der Waals surface area contributed by atoms with Gasteiger partial charge < -0.3 is 15.2 Å². The van der Waals surface area contributed by atoms with E-state index in [0.717, 1.165) is 37.7 Å². The Morgan fingerprint density at radius 2 is 2.03 bits per heavy atom. The Balaban J connectivity index is 0.00000320. The largest absolute Gasteiger partial charge is 0.355 e. The van der Waals surface area contributed by atoms with Gasteiger partial charge in [0.25, 0.3) is 0 Å². The molecule has 0 aliphatic heterocycles. The summed E-state index contributed by atoms with van der Waals surface area (Å²) in [4.78, 5) is 6.20. The van der Waals surface area contributed by atoms with Crippen molar-refractivity contribution < 1.29 is 0 Å². The first kappa shape index (κ1) is 24.3. The van der Waals surface area contributed by atoms with Crippen LogP contribution in [0.15, 0.2) is 53.1 Å². The van der Waals surface area contributed by atoms with Crippen LogP contribution in [0.2, 0.25) is 0 Å². The first-order valence-corrected chi connectivity index (χ1v) is 11.1. The Hall–Kier alpha value is -1.94. The molecule has 1 unspecified atom stereocenters. The summed E-state index contributed by atoms with van der Waals surface area (Å²) in [5.41, 5.74) is 2.50. The van der Waals surface area contributed by atoms with Crippen LogP contribution in [-0.2, 0) is 19.5 Å². The Morgan fingerprint density at radius 1 is 1.20 bits per heavy atom. The van der Waals surface area contributed by atoms with Gasteiger partial charge in [0.05, 0.1) is 12.6 Å². The van der Waals surface area contributed by atoms with E-state index in [0.29, 0.717) is 6.54 Å². The highest BCUT2D eigenvalue weighted by molar-refractivity contribution is 14.0. The predicted octanol–water partition coefficient (Wildman–Crippen LogP) is 4.72. The fourth-order valence-corrected chi connectivity index (χ4v) is 4.03. The molecule has 0 radical (unpaired) electrons. The standard InChI is InChI=1S/C22H30N6S.HI/c1-4-19(20-11-8-14-29-20)26-22(24-15-18-10-7-6-9-17(18)3)23-12-13-28-16-25-27-21(28)5-2;/h6-11,14,16,19H,4-5,12-13,15H2,1-3H3,(H2,23,24,26);1H. The third kappa shape index (κ3) is 6.80. The lowest BCUT2D eigenvalue weighted by Gasteiger charge is -2.20. The SMILES string of the molecule is CCc1nncn1CCNC(=NCc1ccccc1C)NC(CC)c1cccs1.I. The zero-order valence-electron chi connectivity index (χ0n) is 17.8. The molecule has 2 N–H and O–H groups in total. The molecule has 30 heavy (non-hydrogen) atoms. The van der Waals surface area contributed by atoms with E-state index in [-0.39, 0.29) is 30.0 Å².